The highest BCUT2D eigenvalue weighted by molar-refractivity contribution is 9.09. The predicted octanol–water partition coefficient (Wildman–Crippen LogP) is 5.54. The summed E-state index contributed by atoms with van der Waals surface area (Å²) in [6.07, 6.45) is 3.51. The van der Waals surface area contributed by atoms with Gasteiger partial charge in [0.25, 0.3) is 5.91 Å². The van der Waals surface area contributed by atoms with Gasteiger partial charge in [0.1, 0.15) is 11.6 Å². The quantitative estimate of drug-likeness (QED) is 0.218. The van der Waals surface area contributed by atoms with E-state index >= 15 is 4.79 Å². The lowest BCUT2D eigenvalue weighted by atomic mass is 9.70. The first-order valence-electron chi connectivity index (χ1n) is 15.9. The minimum Gasteiger partial charge on any atom is -0.394 e. The minimum atomic E-state index is -1.29. The Kier molecular flexibility index (Phi) is 10.5. The van der Waals surface area contributed by atoms with Crippen molar-refractivity contribution in [3.63, 3.8) is 0 Å². The van der Waals surface area contributed by atoms with Crippen molar-refractivity contribution in [2.75, 3.05) is 24.6 Å². The number of aliphatic hydroxyl groups is 1. The molecule has 5 rings (SSSR count). The van der Waals surface area contributed by atoms with Gasteiger partial charge < -0.3 is 24.5 Å². The van der Waals surface area contributed by atoms with Gasteiger partial charge in [-0.25, -0.2) is 0 Å². The Morgan fingerprint density at radius 3 is 2.43 bits per heavy atom. The third kappa shape index (κ3) is 5.96. The summed E-state index contributed by atoms with van der Waals surface area (Å²) in [5, 5.41) is 11.1. The van der Waals surface area contributed by atoms with E-state index in [1.165, 1.54) is 4.90 Å². The van der Waals surface area contributed by atoms with E-state index in [1.807, 2.05) is 63.2 Å². The molecule has 3 fully saturated rings. The molecule has 2 aromatic carbocycles. The molecule has 0 radical (unpaired) electrons. The number of likely N-dealkylation sites (tertiary alicyclic amines) is 1. The third-order valence-corrected chi connectivity index (χ3v) is 10.7. The first-order valence-corrected chi connectivity index (χ1v) is 17.2. The van der Waals surface area contributed by atoms with Crippen LogP contribution in [0.4, 0.5) is 5.69 Å². The topological polar surface area (TPSA) is 90.4 Å². The van der Waals surface area contributed by atoms with Gasteiger partial charge in [0.2, 0.25) is 11.8 Å². The number of benzene rings is 2. The monoisotopic (exact) mass is 711 g/mol. The van der Waals surface area contributed by atoms with Crippen LogP contribution in [0, 0.1) is 24.7 Å². The van der Waals surface area contributed by atoms with Gasteiger partial charge in [0.15, 0.2) is 0 Å². The van der Waals surface area contributed by atoms with Crippen LogP contribution in [0.1, 0.15) is 37.8 Å². The lowest BCUT2D eigenvalue weighted by molar-refractivity contribution is -0.147. The van der Waals surface area contributed by atoms with E-state index < -0.39 is 35.6 Å². The average Bonchev–Trinajstić information content (AvgIpc) is 3.62. The molecule has 1 N–H and O–H groups in total. The fourth-order valence-corrected chi connectivity index (χ4v) is 9.05. The second-order valence-corrected chi connectivity index (χ2v) is 14.6. The molecule has 3 unspecified atom stereocenters. The Morgan fingerprint density at radius 1 is 1.13 bits per heavy atom. The van der Waals surface area contributed by atoms with Gasteiger partial charge in [-0.2, -0.15) is 0 Å². The summed E-state index contributed by atoms with van der Waals surface area (Å²) in [7, 11) is 0. The van der Waals surface area contributed by atoms with E-state index in [9.17, 15) is 14.7 Å². The zero-order chi connectivity index (χ0) is 33.3. The lowest BCUT2D eigenvalue weighted by Crippen LogP contribution is -2.59. The second kappa shape index (κ2) is 14.0. The van der Waals surface area contributed by atoms with Gasteiger partial charge in [-0.1, -0.05) is 96.0 Å². The summed E-state index contributed by atoms with van der Waals surface area (Å²) in [6.45, 7) is 14.1. The van der Waals surface area contributed by atoms with Gasteiger partial charge in [-0.05, 0) is 42.9 Å². The number of carbonyl (C=O) groups is 3. The van der Waals surface area contributed by atoms with Crippen LogP contribution in [-0.4, -0.2) is 80.9 Å². The number of aliphatic hydroxyl groups excluding tert-OH is 1. The number of amides is 3. The summed E-state index contributed by atoms with van der Waals surface area (Å²) in [4.78, 5) is 48.9. The van der Waals surface area contributed by atoms with Gasteiger partial charge in [0, 0.05) is 24.5 Å². The first kappa shape index (κ1) is 34.4. The Labute approximate surface area is 285 Å². The van der Waals surface area contributed by atoms with Crippen molar-refractivity contribution >= 4 is 50.9 Å². The van der Waals surface area contributed by atoms with Crippen LogP contribution < -0.4 is 4.90 Å². The SMILES string of the molecule is C=CCN(Cc1ccccc1)C(=O)[C@H]1[C@H]2C(=O)N([C@@H](CO)CC(C)C)C(C(=O)N(CC=C)c3c(C)cccc3Cl)C23CC(Br)[C@@H]1O3. The van der Waals surface area contributed by atoms with E-state index in [2.05, 4.69) is 29.1 Å². The molecule has 46 heavy (non-hydrogen) atoms. The van der Waals surface area contributed by atoms with Crippen molar-refractivity contribution in [2.45, 2.75) is 68.8 Å². The molecule has 0 aromatic heterocycles. The molecule has 3 aliphatic heterocycles. The maximum absolute atomic E-state index is 15.0. The second-order valence-electron chi connectivity index (χ2n) is 13.0. The molecular formula is C36H43BrClN3O5. The number of fused-ring (bicyclic) bond motifs is 1. The largest absolute Gasteiger partial charge is 0.394 e. The van der Waals surface area contributed by atoms with Crippen molar-refractivity contribution < 1.29 is 24.2 Å². The number of aryl methyl sites for hydroxylation is 1. The Bertz CT molecular complexity index is 1470. The summed E-state index contributed by atoms with van der Waals surface area (Å²) >= 11 is 10.5. The predicted molar refractivity (Wildman–Crippen MR) is 184 cm³/mol. The van der Waals surface area contributed by atoms with E-state index in [4.69, 9.17) is 16.3 Å². The third-order valence-electron chi connectivity index (χ3n) is 9.51. The highest BCUT2D eigenvalue weighted by atomic mass is 79.9. The molecule has 3 aliphatic rings. The van der Waals surface area contributed by atoms with Gasteiger partial charge in [-0.3, -0.25) is 14.4 Å². The van der Waals surface area contributed by atoms with Crippen LogP contribution in [0.25, 0.3) is 0 Å². The van der Waals surface area contributed by atoms with Crippen molar-refractivity contribution in [3.05, 3.63) is 90.0 Å². The zero-order valence-corrected chi connectivity index (χ0v) is 29.0. The highest BCUT2D eigenvalue weighted by Gasteiger charge is 2.77. The van der Waals surface area contributed by atoms with Crippen LogP contribution in [0.3, 0.4) is 0 Å². The van der Waals surface area contributed by atoms with Gasteiger partial charge in [-0.15, -0.1) is 13.2 Å². The molecule has 3 saturated heterocycles. The number of halogens is 2. The van der Waals surface area contributed by atoms with Crippen molar-refractivity contribution in [1.82, 2.24) is 9.80 Å². The maximum atomic E-state index is 15.0. The molecule has 0 saturated carbocycles. The normalized spacial score (nSPS) is 27.1. The molecule has 246 valence electrons. The number of rotatable bonds is 13. The maximum Gasteiger partial charge on any atom is 0.253 e. The molecule has 2 bridgehead atoms. The molecule has 10 heteroatoms. The number of nitrogens with zero attached hydrogens (tertiary/aromatic N) is 3. The van der Waals surface area contributed by atoms with Gasteiger partial charge >= 0.3 is 0 Å². The van der Waals surface area contributed by atoms with Crippen molar-refractivity contribution in [2.24, 2.45) is 17.8 Å². The molecule has 1 spiro atoms. The fraction of sp³-hybridized carbons (Fsp3) is 0.472. The van der Waals surface area contributed by atoms with E-state index in [0.29, 0.717) is 30.1 Å². The van der Waals surface area contributed by atoms with E-state index in [0.717, 1.165) is 11.1 Å². The number of hydrogen-bond donors (Lipinski definition) is 1. The number of alkyl halides is 1. The van der Waals surface area contributed by atoms with Crippen LogP contribution >= 0.6 is 27.5 Å². The molecule has 7 atom stereocenters. The molecule has 0 aliphatic carbocycles. The Balaban J connectivity index is 1.62. The number of para-hydroxylation sites is 1. The summed E-state index contributed by atoms with van der Waals surface area (Å²) in [6, 6.07) is 13.3. The number of carbonyl (C=O) groups excluding carboxylic acids is 3. The number of hydrogen-bond acceptors (Lipinski definition) is 5. The molecule has 8 nitrogen and oxygen atoms in total. The average molecular weight is 713 g/mol. The zero-order valence-electron chi connectivity index (χ0n) is 26.6. The van der Waals surface area contributed by atoms with E-state index in [-0.39, 0.29) is 48.2 Å². The number of ether oxygens (including phenoxy) is 1. The van der Waals surface area contributed by atoms with Crippen LogP contribution in [0.5, 0.6) is 0 Å². The standard InChI is InChI=1S/C36H43BrClN3O5/c1-6-16-39(20-24-13-9-8-10-14-24)33(43)28-29-34(44)41(25(21-42)18-22(3)4)32(36(29)19-26(37)31(28)46-36)35(45)40(17-7-2)30-23(5)12-11-15-27(30)38/h6-15,22,25-26,28-29,31-32,42H,1-2,16-21H2,3-5H3/t25-,26?,28+,29+,31+,32?,36?/m1/s1. The fourth-order valence-electron chi connectivity index (χ4n) is 7.78. The molecule has 3 amide bonds. The number of anilines is 1. The molecule has 2 aromatic rings. The smallest absolute Gasteiger partial charge is 0.253 e. The summed E-state index contributed by atoms with van der Waals surface area (Å²) in [5.74, 6) is -2.56. The van der Waals surface area contributed by atoms with Crippen LogP contribution in [0.2, 0.25) is 5.02 Å². The minimum absolute atomic E-state index is 0.126. The molecule has 3 heterocycles. The van der Waals surface area contributed by atoms with Crippen LogP contribution in [0.15, 0.2) is 73.8 Å². The highest BCUT2D eigenvalue weighted by Crippen LogP contribution is 2.61. The first-order chi connectivity index (χ1) is 22.0. The summed E-state index contributed by atoms with van der Waals surface area (Å²) in [5.41, 5.74) is 0.976. The lowest BCUT2D eigenvalue weighted by Gasteiger charge is -2.40. The van der Waals surface area contributed by atoms with Crippen molar-refractivity contribution in [1.29, 1.82) is 0 Å². The summed E-state index contributed by atoms with van der Waals surface area (Å²) < 4.78 is 6.80. The van der Waals surface area contributed by atoms with E-state index in [1.54, 1.807) is 28.0 Å². The Morgan fingerprint density at radius 2 is 1.83 bits per heavy atom. The molecular weight excluding hydrogens is 670 g/mol. The van der Waals surface area contributed by atoms with Crippen molar-refractivity contribution in [3.8, 4) is 0 Å². The van der Waals surface area contributed by atoms with Gasteiger partial charge in [0.05, 0.1) is 41.3 Å². The Hall–Kier alpha value is -2.98. The van der Waals surface area contributed by atoms with Crippen LogP contribution in [-0.2, 0) is 25.7 Å².